The van der Waals surface area contributed by atoms with E-state index in [4.69, 9.17) is 11.6 Å². The third-order valence-corrected chi connectivity index (χ3v) is 4.46. The molecule has 2 aromatic rings. The number of rotatable bonds is 5. The van der Waals surface area contributed by atoms with E-state index < -0.39 is 17.3 Å². The highest BCUT2D eigenvalue weighted by Crippen LogP contribution is 2.40. The Morgan fingerprint density at radius 3 is 2.52 bits per heavy atom. The minimum Gasteiger partial charge on any atom is -0.406 e. The second-order valence-electron chi connectivity index (χ2n) is 5.94. The van der Waals surface area contributed by atoms with Gasteiger partial charge in [0.1, 0.15) is 12.0 Å². The minimum absolute atomic E-state index is 0.132. The molecule has 6 nitrogen and oxygen atoms in total. The third kappa shape index (κ3) is 4.20. The quantitative estimate of drug-likeness (QED) is 0.422. The molecule has 142 valence electrons. The molecule has 10 heteroatoms. The van der Waals surface area contributed by atoms with Crippen LogP contribution in [0.25, 0.3) is 0 Å². The molecule has 2 aromatic carbocycles. The van der Waals surface area contributed by atoms with Gasteiger partial charge in [0.05, 0.1) is 16.0 Å². The van der Waals surface area contributed by atoms with Crippen LogP contribution in [0.3, 0.4) is 0 Å². The molecule has 0 N–H and O–H groups in total. The summed E-state index contributed by atoms with van der Waals surface area (Å²) in [6.07, 6.45) is -4.09. The van der Waals surface area contributed by atoms with E-state index in [1.807, 2.05) is 0 Å². The fraction of sp³-hybridized carbons (Fsp3) is 0.235. The van der Waals surface area contributed by atoms with Crippen molar-refractivity contribution in [2.24, 2.45) is 0 Å². The fourth-order valence-corrected chi connectivity index (χ4v) is 3.41. The maximum absolute atomic E-state index is 12.2. The van der Waals surface area contributed by atoms with Crippen LogP contribution in [0.4, 0.5) is 18.9 Å². The van der Waals surface area contributed by atoms with Gasteiger partial charge in [0.25, 0.3) is 5.69 Å². The number of hydrogen-bond donors (Lipinski definition) is 0. The number of ether oxygens (including phenoxy) is 1. The molecule has 1 aliphatic heterocycles. The highest BCUT2D eigenvalue weighted by Gasteiger charge is 2.34. The molecule has 1 heterocycles. The van der Waals surface area contributed by atoms with Crippen molar-refractivity contribution < 1.29 is 27.6 Å². The van der Waals surface area contributed by atoms with Crippen LogP contribution in [-0.2, 0) is 17.9 Å². The number of nitrogens with zero attached hydrogens (tertiary/aromatic N) is 2. The van der Waals surface area contributed by atoms with Crippen LogP contribution < -0.4 is 4.74 Å². The summed E-state index contributed by atoms with van der Waals surface area (Å²) >= 11 is 6.13. The summed E-state index contributed by atoms with van der Waals surface area (Å²) in [5.41, 5.74) is 1.56. The Morgan fingerprint density at radius 1 is 1.30 bits per heavy atom. The predicted octanol–water partition coefficient (Wildman–Crippen LogP) is 4.40. The van der Waals surface area contributed by atoms with Crippen molar-refractivity contribution in [3.05, 3.63) is 68.2 Å². The van der Waals surface area contributed by atoms with E-state index in [9.17, 15) is 28.1 Å². The minimum atomic E-state index is -4.77. The molecule has 0 bridgehead atoms. The van der Waals surface area contributed by atoms with Crippen molar-refractivity contribution in [3.63, 3.8) is 0 Å². The summed E-state index contributed by atoms with van der Waals surface area (Å²) in [5, 5.41) is 11.1. The lowest BCUT2D eigenvalue weighted by molar-refractivity contribution is -0.384. The smallest absolute Gasteiger partial charge is 0.406 e. The van der Waals surface area contributed by atoms with Gasteiger partial charge in [-0.25, -0.2) is 0 Å². The summed E-state index contributed by atoms with van der Waals surface area (Å²) in [5.74, 6) is -0.346. The monoisotopic (exact) mass is 400 g/mol. The van der Waals surface area contributed by atoms with Crippen molar-refractivity contribution in [1.29, 1.82) is 0 Å². The first-order valence-electron chi connectivity index (χ1n) is 7.68. The molecule has 0 saturated heterocycles. The van der Waals surface area contributed by atoms with E-state index in [1.165, 1.54) is 36.4 Å². The number of hydrogen-bond acceptors (Lipinski definition) is 5. The summed E-state index contributed by atoms with van der Waals surface area (Å²) in [6.45, 7) is 0.495. The van der Waals surface area contributed by atoms with Crippen LogP contribution in [0.1, 0.15) is 22.7 Å². The number of benzene rings is 2. The molecule has 0 saturated carbocycles. The SMILES string of the molecule is O=CC1c2c(Cl)cc([N+](=O)[O-])cc2CN1Cc1ccc(OC(F)(F)F)cc1. The Balaban J connectivity index is 1.80. The standard InChI is InChI=1S/C17H12ClF3N2O4/c18-14-6-12(23(25)26)5-11-8-22(15(9-24)16(11)14)7-10-1-3-13(4-2-10)27-17(19,20)21/h1-6,9,15H,7-8H2. The van der Waals surface area contributed by atoms with Gasteiger partial charge >= 0.3 is 6.36 Å². The molecular weight excluding hydrogens is 389 g/mol. The van der Waals surface area contributed by atoms with Crippen LogP contribution in [-0.4, -0.2) is 22.5 Å². The number of non-ortho nitro benzene ring substituents is 1. The first-order chi connectivity index (χ1) is 12.7. The van der Waals surface area contributed by atoms with E-state index in [0.717, 1.165) is 0 Å². The molecule has 0 aromatic heterocycles. The van der Waals surface area contributed by atoms with Gasteiger partial charge in [-0.05, 0) is 23.3 Å². The fourth-order valence-electron chi connectivity index (χ4n) is 3.07. The zero-order valence-electron chi connectivity index (χ0n) is 13.6. The van der Waals surface area contributed by atoms with Crippen molar-refractivity contribution in [2.75, 3.05) is 0 Å². The van der Waals surface area contributed by atoms with Gasteiger partial charge in [0, 0.05) is 30.8 Å². The molecule has 0 radical (unpaired) electrons. The van der Waals surface area contributed by atoms with Crippen LogP contribution in [0.15, 0.2) is 36.4 Å². The van der Waals surface area contributed by atoms with E-state index in [0.29, 0.717) is 23.0 Å². The van der Waals surface area contributed by atoms with Crippen molar-refractivity contribution in [3.8, 4) is 5.75 Å². The highest BCUT2D eigenvalue weighted by molar-refractivity contribution is 6.32. The van der Waals surface area contributed by atoms with Gasteiger partial charge in [0.15, 0.2) is 0 Å². The van der Waals surface area contributed by atoms with Crippen molar-refractivity contribution in [1.82, 2.24) is 4.90 Å². The topological polar surface area (TPSA) is 72.7 Å². The summed E-state index contributed by atoms with van der Waals surface area (Å²) in [7, 11) is 0. The molecular formula is C17H12ClF3N2O4. The number of halogens is 4. The number of aldehydes is 1. The van der Waals surface area contributed by atoms with E-state index in [-0.39, 0.29) is 29.5 Å². The number of nitro benzene ring substituents is 1. The van der Waals surface area contributed by atoms with E-state index in [2.05, 4.69) is 4.74 Å². The molecule has 0 fully saturated rings. The molecule has 1 atom stereocenters. The lowest BCUT2D eigenvalue weighted by Crippen LogP contribution is -2.22. The molecule has 1 aliphatic rings. The first-order valence-corrected chi connectivity index (χ1v) is 8.06. The zero-order chi connectivity index (χ0) is 19.8. The second-order valence-corrected chi connectivity index (χ2v) is 6.34. The first kappa shape index (κ1) is 19.1. The van der Waals surface area contributed by atoms with Crippen LogP contribution >= 0.6 is 11.6 Å². The normalized spacial score (nSPS) is 16.8. The Hall–Kier alpha value is -2.65. The van der Waals surface area contributed by atoms with E-state index >= 15 is 0 Å². The molecule has 0 amide bonds. The molecule has 0 spiro atoms. The Labute approximate surface area is 156 Å². The molecule has 3 rings (SSSR count). The summed E-state index contributed by atoms with van der Waals surface area (Å²) in [6, 6.07) is 7.15. The average Bonchev–Trinajstić information content (AvgIpc) is 2.92. The van der Waals surface area contributed by atoms with Crippen LogP contribution in [0, 0.1) is 10.1 Å². The second kappa shape index (κ2) is 7.16. The number of carbonyl (C=O) groups is 1. The van der Waals surface area contributed by atoms with Crippen molar-refractivity contribution >= 4 is 23.6 Å². The van der Waals surface area contributed by atoms with Gasteiger partial charge in [-0.15, -0.1) is 13.2 Å². The largest absolute Gasteiger partial charge is 0.573 e. The Kier molecular flexibility index (Phi) is 5.07. The van der Waals surface area contributed by atoms with Gasteiger partial charge in [-0.2, -0.15) is 0 Å². The highest BCUT2D eigenvalue weighted by atomic mass is 35.5. The maximum atomic E-state index is 12.2. The maximum Gasteiger partial charge on any atom is 0.573 e. The van der Waals surface area contributed by atoms with E-state index in [1.54, 1.807) is 4.90 Å². The lowest BCUT2D eigenvalue weighted by atomic mass is 10.0. The van der Waals surface area contributed by atoms with Crippen molar-refractivity contribution in [2.45, 2.75) is 25.5 Å². The number of alkyl halides is 3. The number of carbonyl (C=O) groups excluding carboxylic acids is 1. The number of fused-ring (bicyclic) bond motifs is 1. The van der Waals surface area contributed by atoms with Crippen LogP contribution in [0.5, 0.6) is 5.75 Å². The zero-order valence-corrected chi connectivity index (χ0v) is 14.3. The summed E-state index contributed by atoms with van der Waals surface area (Å²) in [4.78, 5) is 23.7. The van der Waals surface area contributed by atoms with Crippen LogP contribution in [0.2, 0.25) is 5.02 Å². The Morgan fingerprint density at radius 2 is 1.96 bits per heavy atom. The third-order valence-electron chi connectivity index (χ3n) is 4.14. The summed E-state index contributed by atoms with van der Waals surface area (Å²) < 4.78 is 40.5. The molecule has 1 unspecified atom stereocenters. The van der Waals surface area contributed by atoms with Gasteiger partial charge in [0.2, 0.25) is 0 Å². The number of nitro groups is 1. The van der Waals surface area contributed by atoms with Gasteiger partial charge in [-0.3, -0.25) is 15.0 Å². The predicted molar refractivity (Wildman–Crippen MR) is 89.3 cm³/mol. The molecule has 0 aliphatic carbocycles. The van der Waals surface area contributed by atoms with Gasteiger partial charge < -0.3 is 9.53 Å². The van der Waals surface area contributed by atoms with Gasteiger partial charge in [-0.1, -0.05) is 23.7 Å². The Bertz CT molecular complexity index is 887. The molecule has 27 heavy (non-hydrogen) atoms. The average molecular weight is 401 g/mol. The lowest BCUT2D eigenvalue weighted by Gasteiger charge is -2.21.